The van der Waals surface area contributed by atoms with E-state index >= 15 is 0 Å². The van der Waals surface area contributed by atoms with E-state index in [1.165, 1.54) is 0 Å². The summed E-state index contributed by atoms with van der Waals surface area (Å²) in [6.07, 6.45) is 6.01. The fraction of sp³-hybridized carbons (Fsp3) is 0.700. The van der Waals surface area contributed by atoms with Gasteiger partial charge in [-0.2, -0.15) is 0 Å². The van der Waals surface area contributed by atoms with Gasteiger partial charge in [0.1, 0.15) is 12.1 Å². The Morgan fingerprint density at radius 1 is 1.00 bits per heavy atom. The number of benzene rings is 1. The lowest BCUT2D eigenvalue weighted by Gasteiger charge is -2.45. The number of rotatable bonds is 10. The summed E-state index contributed by atoms with van der Waals surface area (Å²) in [5, 5.41) is 9.23. The number of carbonyl (C=O) groups excluding carboxylic acids is 3. The van der Waals surface area contributed by atoms with Crippen molar-refractivity contribution in [3.63, 3.8) is 0 Å². The first kappa shape index (κ1) is 29.5. The van der Waals surface area contributed by atoms with Crippen molar-refractivity contribution < 1.29 is 19.1 Å². The molecule has 9 nitrogen and oxygen atoms in total. The van der Waals surface area contributed by atoms with Crippen LogP contribution in [-0.4, -0.2) is 91.1 Å². The molecule has 216 valence electrons. The molecule has 0 bridgehead atoms. The van der Waals surface area contributed by atoms with Crippen LogP contribution in [0.3, 0.4) is 0 Å². The van der Waals surface area contributed by atoms with E-state index in [0.29, 0.717) is 19.7 Å². The number of nitrogens with zero attached hydrogens (tertiary/aromatic N) is 2. The molecule has 3 N–H and O–H groups in total. The molecule has 3 amide bonds. The second kappa shape index (κ2) is 13.7. The first-order valence-electron chi connectivity index (χ1n) is 14.8. The highest BCUT2D eigenvalue weighted by Gasteiger charge is 2.47. The largest absolute Gasteiger partial charge is 0.377 e. The van der Waals surface area contributed by atoms with Crippen LogP contribution in [-0.2, 0) is 19.1 Å². The van der Waals surface area contributed by atoms with Crippen molar-refractivity contribution in [2.75, 3.05) is 33.3 Å². The van der Waals surface area contributed by atoms with Gasteiger partial charge in [0, 0.05) is 32.3 Å². The van der Waals surface area contributed by atoms with Crippen LogP contribution in [0.2, 0.25) is 0 Å². The average Bonchev–Trinajstić information content (AvgIpc) is 3.36. The molecule has 3 aliphatic rings. The van der Waals surface area contributed by atoms with Crippen LogP contribution in [0.15, 0.2) is 30.3 Å². The smallest absolute Gasteiger partial charge is 0.246 e. The number of fused-ring (bicyclic) bond motifs is 1. The number of amides is 3. The Labute approximate surface area is 233 Å². The molecule has 1 saturated carbocycles. The highest BCUT2D eigenvalue weighted by atomic mass is 16.5. The fourth-order valence-electron chi connectivity index (χ4n) is 6.42. The molecule has 9 heteroatoms. The van der Waals surface area contributed by atoms with Crippen LogP contribution in [0.4, 0.5) is 0 Å². The minimum absolute atomic E-state index is 0.0731. The zero-order chi connectivity index (χ0) is 27.9. The summed E-state index contributed by atoms with van der Waals surface area (Å²) in [4.78, 5) is 45.2. The quantitative estimate of drug-likeness (QED) is 0.420. The molecule has 2 saturated heterocycles. The van der Waals surface area contributed by atoms with Gasteiger partial charge in [0.15, 0.2) is 0 Å². The minimum atomic E-state index is -0.634. The molecule has 6 unspecified atom stereocenters. The molecular formula is C30H47N5O4. The van der Waals surface area contributed by atoms with E-state index in [-0.39, 0.29) is 41.8 Å². The van der Waals surface area contributed by atoms with Gasteiger partial charge in [-0.1, -0.05) is 49.6 Å². The molecule has 0 aromatic heterocycles. The molecule has 39 heavy (non-hydrogen) atoms. The van der Waals surface area contributed by atoms with Crippen LogP contribution < -0.4 is 16.0 Å². The van der Waals surface area contributed by atoms with Gasteiger partial charge in [0.25, 0.3) is 0 Å². The van der Waals surface area contributed by atoms with E-state index in [1.54, 1.807) is 18.9 Å². The van der Waals surface area contributed by atoms with E-state index < -0.39 is 18.1 Å². The lowest BCUT2D eigenvalue weighted by molar-refractivity contribution is -0.149. The molecular weight excluding hydrogens is 494 g/mol. The first-order valence-corrected chi connectivity index (χ1v) is 14.8. The first-order chi connectivity index (χ1) is 18.8. The zero-order valence-corrected chi connectivity index (χ0v) is 24.0. The Hall–Kier alpha value is -2.49. The predicted octanol–water partition coefficient (Wildman–Crippen LogP) is 2.23. The molecule has 4 rings (SSSR count). The second-order valence-corrected chi connectivity index (χ2v) is 11.5. The summed E-state index contributed by atoms with van der Waals surface area (Å²) in [5.41, 5.74) is 1.02. The van der Waals surface area contributed by atoms with Crippen molar-refractivity contribution in [3.05, 3.63) is 35.9 Å². The summed E-state index contributed by atoms with van der Waals surface area (Å²) >= 11 is 0. The van der Waals surface area contributed by atoms with Crippen molar-refractivity contribution in [3.8, 4) is 0 Å². The van der Waals surface area contributed by atoms with Gasteiger partial charge in [0.2, 0.25) is 17.7 Å². The van der Waals surface area contributed by atoms with Crippen molar-refractivity contribution in [2.24, 2.45) is 5.92 Å². The maximum atomic E-state index is 14.4. The summed E-state index contributed by atoms with van der Waals surface area (Å²) < 4.78 is 5.93. The Morgan fingerprint density at radius 3 is 2.38 bits per heavy atom. The highest BCUT2D eigenvalue weighted by molar-refractivity contribution is 5.93. The van der Waals surface area contributed by atoms with Crippen LogP contribution in [0, 0.1) is 5.92 Å². The monoisotopic (exact) mass is 541 g/mol. The molecule has 2 aliphatic heterocycles. The normalized spacial score (nSPS) is 26.4. The van der Waals surface area contributed by atoms with Crippen molar-refractivity contribution in [1.29, 1.82) is 0 Å². The molecule has 0 radical (unpaired) electrons. The summed E-state index contributed by atoms with van der Waals surface area (Å²) in [7, 11) is 1.74. The molecule has 6 atom stereocenters. The Kier molecular flexibility index (Phi) is 10.4. The van der Waals surface area contributed by atoms with Crippen molar-refractivity contribution >= 4 is 17.7 Å². The van der Waals surface area contributed by atoms with E-state index in [9.17, 15) is 14.4 Å². The van der Waals surface area contributed by atoms with Crippen LogP contribution >= 0.6 is 0 Å². The van der Waals surface area contributed by atoms with E-state index in [2.05, 4.69) is 20.9 Å². The van der Waals surface area contributed by atoms with E-state index in [1.807, 2.05) is 44.2 Å². The molecule has 0 spiro atoms. The summed E-state index contributed by atoms with van der Waals surface area (Å²) in [6.45, 7) is 8.09. The number of hydrogen-bond donors (Lipinski definition) is 3. The molecule has 1 aromatic rings. The van der Waals surface area contributed by atoms with Crippen LogP contribution in [0.5, 0.6) is 0 Å². The van der Waals surface area contributed by atoms with E-state index in [0.717, 1.165) is 50.6 Å². The van der Waals surface area contributed by atoms with Gasteiger partial charge in [-0.25, -0.2) is 0 Å². The van der Waals surface area contributed by atoms with Gasteiger partial charge in [-0.3, -0.25) is 19.3 Å². The van der Waals surface area contributed by atoms with Crippen molar-refractivity contribution in [1.82, 2.24) is 25.8 Å². The number of hydrogen-bond acceptors (Lipinski definition) is 6. The zero-order valence-electron chi connectivity index (χ0n) is 24.0. The van der Waals surface area contributed by atoms with Gasteiger partial charge in [-0.05, 0) is 58.6 Å². The molecule has 1 aliphatic carbocycles. The third kappa shape index (κ3) is 7.18. The Bertz CT molecular complexity index is 969. The number of likely N-dealkylation sites (N-methyl/N-ethyl adjacent to an activating group) is 1. The fourth-order valence-corrected chi connectivity index (χ4v) is 6.42. The third-order valence-electron chi connectivity index (χ3n) is 8.84. The van der Waals surface area contributed by atoms with Gasteiger partial charge >= 0.3 is 0 Å². The Morgan fingerprint density at radius 2 is 1.72 bits per heavy atom. The third-order valence-corrected chi connectivity index (χ3v) is 8.84. The number of piperazine rings is 1. The molecule has 1 aromatic carbocycles. The lowest BCUT2D eigenvalue weighted by atomic mass is 9.82. The topological polar surface area (TPSA) is 103 Å². The lowest BCUT2D eigenvalue weighted by Crippen LogP contribution is -2.66. The summed E-state index contributed by atoms with van der Waals surface area (Å²) in [6, 6.07) is 8.14. The van der Waals surface area contributed by atoms with Crippen molar-refractivity contribution in [2.45, 2.75) is 95.6 Å². The Balaban J connectivity index is 1.58. The summed E-state index contributed by atoms with van der Waals surface area (Å²) in [5.74, 6) is -0.402. The van der Waals surface area contributed by atoms with E-state index in [4.69, 9.17) is 4.74 Å². The van der Waals surface area contributed by atoms with Gasteiger partial charge < -0.3 is 25.6 Å². The number of nitrogens with one attached hydrogen (secondary N) is 3. The maximum Gasteiger partial charge on any atom is 0.246 e. The minimum Gasteiger partial charge on any atom is -0.377 e. The molecule has 2 heterocycles. The SMILES string of the molecule is CCOC1CC2CN(C(=O)C(NC(=O)C(C)NC)C3CCCCC3)C(C(=O)NC(C)c3ccccc3)CN2C1. The number of ether oxygens (including phenoxy) is 1. The number of carbonyl (C=O) groups is 3. The average molecular weight is 542 g/mol. The van der Waals surface area contributed by atoms with Gasteiger partial charge in [0.05, 0.1) is 18.2 Å². The molecule has 3 fully saturated rings. The van der Waals surface area contributed by atoms with Crippen LogP contribution in [0.1, 0.15) is 70.9 Å². The predicted molar refractivity (Wildman–Crippen MR) is 151 cm³/mol. The standard InChI is InChI=1S/C30H47N5O4/c1-5-39-25-16-24-17-35(30(38)27(23-14-10-7-11-15-23)33-28(36)21(3)31-4)26(19-34(24)18-25)29(37)32-20(2)22-12-8-6-9-13-22/h6,8-9,12-13,20-21,23-27,31H,5,7,10-11,14-19H2,1-4H3,(H,32,37)(H,33,36). The highest BCUT2D eigenvalue weighted by Crippen LogP contribution is 2.31. The second-order valence-electron chi connectivity index (χ2n) is 11.5. The van der Waals surface area contributed by atoms with Crippen LogP contribution in [0.25, 0.3) is 0 Å². The van der Waals surface area contributed by atoms with Gasteiger partial charge in [-0.15, -0.1) is 0 Å². The maximum absolute atomic E-state index is 14.4.